The van der Waals surface area contributed by atoms with Crippen LogP contribution >= 0.6 is 0 Å². The number of rotatable bonds is 3. The first kappa shape index (κ1) is 13.3. The Morgan fingerprint density at radius 3 is 2.47 bits per heavy atom. The molecule has 1 aromatic heterocycles. The van der Waals surface area contributed by atoms with E-state index in [0.717, 1.165) is 17.1 Å². The highest BCUT2D eigenvalue weighted by molar-refractivity contribution is 5.95. The Bertz CT molecular complexity index is 599. The fourth-order valence-corrected chi connectivity index (χ4v) is 2.24. The van der Waals surface area contributed by atoms with Crippen LogP contribution in [0.5, 0.6) is 0 Å². The Labute approximate surface area is 112 Å². The van der Waals surface area contributed by atoms with Crippen molar-refractivity contribution in [3.8, 4) is 5.69 Å². The van der Waals surface area contributed by atoms with E-state index in [1.807, 2.05) is 31.4 Å². The zero-order chi connectivity index (χ0) is 14.0. The standard InChI is InChI=1S/C15H17FN2O/c1-4-17-15(19)14-9-10(2)18(11(14)3)13-7-5-12(16)6-8-13/h5-9H,4H2,1-3H3,(H,17,19). The largest absolute Gasteiger partial charge is 0.352 e. The van der Waals surface area contributed by atoms with Crippen LogP contribution < -0.4 is 5.32 Å². The van der Waals surface area contributed by atoms with Crippen molar-refractivity contribution in [2.24, 2.45) is 0 Å². The second-order valence-corrected chi connectivity index (χ2v) is 4.46. The van der Waals surface area contributed by atoms with E-state index < -0.39 is 0 Å². The molecule has 2 aromatic rings. The van der Waals surface area contributed by atoms with Crippen LogP contribution in [0.4, 0.5) is 4.39 Å². The third-order valence-electron chi connectivity index (χ3n) is 3.10. The zero-order valence-corrected chi connectivity index (χ0v) is 11.3. The number of halogens is 1. The molecule has 1 amide bonds. The first-order valence-electron chi connectivity index (χ1n) is 6.27. The average Bonchev–Trinajstić information content (AvgIpc) is 2.67. The van der Waals surface area contributed by atoms with E-state index in [2.05, 4.69) is 5.32 Å². The fourth-order valence-electron chi connectivity index (χ4n) is 2.24. The zero-order valence-electron chi connectivity index (χ0n) is 11.3. The number of nitrogens with zero attached hydrogens (tertiary/aromatic N) is 1. The summed E-state index contributed by atoms with van der Waals surface area (Å²) < 4.78 is 14.9. The molecule has 2 rings (SSSR count). The van der Waals surface area contributed by atoms with Crippen LogP contribution in [-0.2, 0) is 0 Å². The molecule has 19 heavy (non-hydrogen) atoms. The van der Waals surface area contributed by atoms with Gasteiger partial charge in [-0.25, -0.2) is 4.39 Å². The number of carbonyl (C=O) groups excluding carboxylic acids is 1. The monoisotopic (exact) mass is 260 g/mol. The van der Waals surface area contributed by atoms with Gasteiger partial charge in [0.05, 0.1) is 5.56 Å². The van der Waals surface area contributed by atoms with Gasteiger partial charge in [0, 0.05) is 23.6 Å². The lowest BCUT2D eigenvalue weighted by molar-refractivity contribution is 0.0955. The van der Waals surface area contributed by atoms with Gasteiger partial charge in [-0.1, -0.05) is 0 Å². The topological polar surface area (TPSA) is 34.0 Å². The van der Waals surface area contributed by atoms with Gasteiger partial charge in [-0.15, -0.1) is 0 Å². The summed E-state index contributed by atoms with van der Waals surface area (Å²) in [6.45, 7) is 6.30. The summed E-state index contributed by atoms with van der Waals surface area (Å²) in [7, 11) is 0. The van der Waals surface area contributed by atoms with Gasteiger partial charge in [0.25, 0.3) is 5.91 Å². The Hall–Kier alpha value is -2.10. The summed E-state index contributed by atoms with van der Waals surface area (Å²) in [5.74, 6) is -0.348. The number of benzene rings is 1. The van der Waals surface area contributed by atoms with E-state index in [-0.39, 0.29) is 11.7 Å². The lowest BCUT2D eigenvalue weighted by Gasteiger charge is -2.09. The van der Waals surface area contributed by atoms with Gasteiger partial charge in [-0.2, -0.15) is 0 Å². The van der Waals surface area contributed by atoms with E-state index in [4.69, 9.17) is 0 Å². The molecule has 0 fully saturated rings. The SMILES string of the molecule is CCNC(=O)c1cc(C)n(-c2ccc(F)cc2)c1C. The number of aryl methyl sites for hydroxylation is 1. The van der Waals surface area contributed by atoms with Gasteiger partial charge >= 0.3 is 0 Å². The molecule has 0 aliphatic rings. The minimum Gasteiger partial charge on any atom is -0.352 e. The Kier molecular flexibility index (Phi) is 3.69. The smallest absolute Gasteiger partial charge is 0.253 e. The van der Waals surface area contributed by atoms with Gasteiger partial charge in [0.2, 0.25) is 0 Å². The van der Waals surface area contributed by atoms with Crippen LogP contribution in [0, 0.1) is 19.7 Å². The molecule has 0 aliphatic heterocycles. The molecule has 0 spiro atoms. The lowest BCUT2D eigenvalue weighted by atomic mass is 10.2. The molecule has 0 aliphatic carbocycles. The molecule has 0 bridgehead atoms. The maximum Gasteiger partial charge on any atom is 0.253 e. The third-order valence-corrected chi connectivity index (χ3v) is 3.10. The normalized spacial score (nSPS) is 10.5. The summed E-state index contributed by atoms with van der Waals surface area (Å²) in [6, 6.07) is 8.09. The number of aromatic nitrogens is 1. The van der Waals surface area contributed by atoms with Crippen molar-refractivity contribution in [2.45, 2.75) is 20.8 Å². The summed E-state index contributed by atoms with van der Waals surface area (Å²) in [4.78, 5) is 11.9. The first-order valence-corrected chi connectivity index (χ1v) is 6.27. The quantitative estimate of drug-likeness (QED) is 0.904. The van der Waals surface area contributed by atoms with Crippen molar-refractivity contribution < 1.29 is 9.18 Å². The maximum absolute atomic E-state index is 13.0. The van der Waals surface area contributed by atoms with Crippen LogP contribution in [-0.4, -0.2) is 17.0 Å². The van der Waals surface area contributed by atoms with Gasteiger partial charge in [-0.05, 0) is 51.1 Å². The van der Waals surface area contributed by atoms with Crippen LogP contribution in [0.1, 0.15) is 28.7 Å². The van der Waals surface area contributed by atoms with Crippen LogP contribution in [0.2, 0.25) is 0 Å². The van der Waals surface area contributed by atoms with Crippen LogP contribution in [0.15, 0.2) is 30.3 Å². The Morgan fingerprint density at radius 2 is 1.89 bits per heavy atom. The molecular weight excluding hydrogens is 243 g/mol. The Balaban J connectivity index is 2.47. The first-order chi connectivity index (χ1) is 9.04. The molecule has 0 saturated heterocycles. The van der Waals surface area contributed by atoms with Crippen LogP contribution in [0.3, 0.4) is 0 Å². The lowest BCUT2D eigenvalue weighted by Crippen LogP contribution is -2.23. The minimum atomic E-state index is -0.268. The molecule has 100 valence electrons. The maximum atomic E-state index is 13.0. The summed E-state index contributed by atoms with van der Waals surface area (Å²) in [5, 5.41) is 2.79. The molecular formula is C15H17FN2O. The Morgan fingerprint density at radius 1 is 1.26 bits per heavy atom. The molecule has 4 heteroatoms. The van der Waals surface area contributed by atoms with Gasteiger partial charge < -0.3 is 9.88 Å². The molecule has 1 heterocycles. The number of carbonyl (C=O) groups is 1. The fraction of sp³-hybridized carbons (Fsp3) is 0.267. The highest BCUT2D eigenvalue weighted by atomic mass is 19.1. The van der Waals surface area contributed by atoms with Crippen molar-refractivity contribution in [2.75, 3.05) is 6.54 Å². The number of nitrogens with one attached hydrogen (secondary N) is 1. The number of hydrogen-bond donors (Lipinski definition) is 1. The summed E-state index contributed by atoms with van der Waals surface area (Å²) in [6.07, 6.45) is 0. The predicted molar refractivity (Wildman–Crippen MR) is 73.2 cm³/mol. The average molecular weight is 260 g/mol. The third kappa shape index (κ3) is 2.52. The molecule has 0 atom stereocenters. The van der Waals surface area contributed by atoms with Gasteiger partial charge in [0.1, 0.15) is 5.82 Å². The molecule has 1 aromatic carbocycles. The molecule has 0 unspecified atom stereocenters. The highest BCUT2D eigenvalue weighted by Crippen LogP contribution is 2.21. The van der Waals surface area contributed by atoms with Crippen molar-refractivity contribution >= 4 is 5.91 Å². The van der Waals surface area contributed by atoms with E-state index in [1.165, 1.54) is 12.1 Å². The molecule has 0 radical (unpaired) electrons. The van der Waals surface area contributed by atoms with Gasteiger partial charge in [0.15, 0.2) is 0 Å². The number of hydrogen-bond acceptors (Lipinski definition) is 1. The molecule has 3 nitrogen and oxygen atoms in total. The van der Waals surface area contributed by atoms with E-state index in [0.29, 0.717) is 12.1 Å². The van der Waals surface area contributed by atoms with Gasteiger partial charge in [-0.3, -0.25) is 4.79 Å². The van der Waals surface area contributed by atoms with E-state index in [1.54, 1.807) is 12.1 Å². The summed E-state index contributed by atoms with van der Waals surface area (Å²) in [5.41, 5.74) is 3.32. The second kappa shape index (κ2) is 5.26. The second-order valence-electron chi connectivity index (χ2n) is 4.46. The minimum absolute atomic E-state index is 0.0797. The van der Waals surface area contributed by atoms with Crippen molar-refractivity contribution in [3.63, 3.8) is 0 Å². The van der Waals surface area contributed by atoms with E-state index in [9.17, 15) is 9.18 Å². The van der Waals surface area contributed by atoms with Crippen molar-refractivity contribution in [3.05, 3.63) is 53.1 Å². The van der Waals surface area contributed by atoms with E-state index >= 15 is 0 Å². The predicted octanol–water partition coefficient (Wildman–Crippen LogP) is 2.98. The van der Waals surface area contributed by atoms with Crippen molar-refractivity contribution in [1.29, 1.82) is 0 Å². The summed E-state index contributed by atoms with van der Waals surface area (Å²) >= 11 is 0. The highest BCUT2D eigenvalue weighted by Gasteiger charge is 2.15. The molecule has 0 saturated carbocycles. The van der Waals surface area contributed by atoms with Crippen molar-refractivity contribution in [1.82, 2.24) is 9.88 Å². The molecule has 1 N–H and O–H groups in total. The van der Waals surface area contributed by atoms with Crippen LogP contribution in [0.25, 0.3) is 5.69 Å². The number of amides is 1.